The van der Waals surface area contributed by atoms with Gasteiger partial charge in [0.2, 0.25) is 5.17 Å². The van der Waals surface area contributed by atoms with Crippen LogP contribution in [0.25, 0.3) is 5.69 Å². The number of amidine groups is 1. The lowest BCUT2D eigenvalue weighted by molar-refractivity contribution is 0.415. The number of benzene rings is 2. The summed E-state index contributed by atoms with van der Waals surface area (Å²) in [6, 6.07) is 15.8. The van der Waals surface area contributed by atoms with Crippen molar-refractivity contribution >= 4 is 28.9 Å². The Hall–Kier alpha value is -3.46. The van der Waals surface area contributed by atoms with Gasteiger partial charge in [0.05, 0.1) is 24.7 Å². The summed E-state index contributed by atoms with van der Waals surface area (Å²) >= 11 is 1.52. The van der Waals surface area contributed by atoms with Crippen molar-refractivity contribution in [2.75, 3.05) is 12.9 Å². The van der Waals surface area contributed by atoms with E-state index in [1.165, 1.54) is 17.3 Å². The average Bonchev–Trinajstić information content (AvgIpc) is 3.16. The third-order valence-corrected chi connectivity index (χ3v) is 5.41. The van der Waals surface area contributed by atoms with E-state index in [9.17, 15) is 0 Å². The molecule has 0 radical (unpaired) electrons. The Bertz CT molecular complexity index is 1120. The van der Waals surface area contributed by atoms with Gasteiger partial charge in [-0.1, -0.05) is 34.7 Å². The lowest BCUT2D eigenvalue weighted by Crippen LogP contribution is -2.20. The topological polar surface area (TPSA) is 89.0 Å². The number of aromatic nitrogens is 3. The molecule has 1 aliphatic heterocycles. The predicted octanol–water partition coefficient (Wildman–Crippen LogP) is 3.32. The molecule has 2 heterocycles. The predicted molar refractivity (Wildman–Crippen MR) is 121 cm³/mol. The van der Waals surface area contributed by atoms with Gasteiger partial charge in [0.25, 0.3) is 0 Å². The maximum Gasteiger partial charge on any atom is 0.203 e. The molecule has 2 aromatic carbocycles. The monoisotopic (exact) mass is 419 g/mol. The second-order valence-electron chi connectivity index (χ2n) is 6.65. The summed E-state index contributed by atoms with van der Waals surface area (Å²) in [5, 5.41) is 22.0. The number of nitrogens with zero attached hydrogens (tertiary/aromatic N) is 6. The number of hydrazone groups is 1. The molecule has 0 saturated heterocycles. The Balaban J connectivity index is 1.43. The molecular weight excluding hydrogens is 398 g/mol. The highest BCUT2D eigenvalue weighted by Crippen LogP contribution is 2.18. The highest BCUT2D eigenvalue weighted by atomic mass is 32.2. The van der Waals surface area contributed by atoms with Crippen LogP contribution in [0.1, 0.15) is 22.5 Å². The Kier molecular flexibility index (Phi) is 5.89. The minimum Gasteiger partial charge on any atom is -0.497 e. The Morgan fingerprint density at radius 3 is 2.50 bits per heavy atom. The van der Waals surface area contributed by atoms with Crippen molar-refractivity contribution in [3.8, 4) is 11.4 Å². The lowest BCUT2D eigenvalue weighted by Gasteiger charge is -2.10. The first-order valence-corrected chi connectivity index (χ1v) is 10.3. The number of hydrogen-bond acceptors (Lipinski definition) is 8. The third kappa shape index (κ3) is 4.41. The SMILES string of the molecule is COc1ccc(/C=N/NC2=NN=C(c3nnn(-c4ccc(C)cc4)c3C)CS2)cc1. The van der Waals surface area contributed by atoms with Crippen LogP contribution in [0, 0.1) is 13.8 Å². The molecule has 1 aliphatic rings. The Labute approximate surface area is 178 Å². The van der Waals surface area contributed by atoms with E-state index >= 15 is 0 Å². The highest BCUT2D eigenvalue weighted by Gasteiger charge is 2.19. The fraction of sp³-hybridized carbons (Fsp3) is 0.190. The van der Waals surface area contributed by atoms with Gasteiger partial charge >= 0.3 is 0 Å². The smallest absolute Gasteiger partial charge is 0.203 e. The minimum atomic E-state index is 0.632. The molecule has 0 spiro atoms. The quantitative estimate of drug-likeness (QED) is 0.506. The first-order chi connectivity index (χ1) is 14.6. The summed E-state index contributed by atoms with van der Waals surface area (Å²) in [4.78, 5) is 0. The van der Waals surface area contributed by atoms with E-state index < -0.39 is 0 Å². The zero-order valence-corrected chi connectivity index (χ0v) is 17.7. The molecule has 0 atom stereocenters. The minimum absolute atomic E-state index is 0.632. The Morgan fingerprint density at radius 2 is 1.83 bits per heavy atom. The number of ether oxygens (including phenoxy) is 1. The van der Waals surface area contributed by atoms with Crippen molar-refractivity contribution in [1.82, 2.24) is 20.4 Å². The summed E-state index contributed by atoms with van der Waals surface area (Å²) < 4.78 is 6.96. The summed E-state index contributed by atoms with van der Waals surface area (Å²) in [5.74, 6) is 1.45. The number of rotatable bonds is 5. The molecule has 0 amide bonds. The maximum atomic E-state index is 5.15. The molecule has 4 rings (SSSR count). The van der Waals surface area contributed by atoms with E-state index in [4.69, 9.17) is 4.74 Å². The summed E-state index contributed by atoms with van der Waals surface area (Å²) in [5.41, 5.74) is 8.54. The second-order valence-corrected chi connectivity index (χ2v) is 7.62. The molecule has 1 aromatic heterocycles. The van der Waals surface area contributed by atoms with Crippen LogP contribution in [0.4, 0.5) is 0 Å². The molecule has 152 valence electrons. The van der Waals surface area contributed by atoms with Crippen LogP contribution in [0.15, 0.2) is 63.8 Å². The largest absolute Gasteiger partial charge is 0.497 e. The van der Waals surface area contributed by atoms with E-state index in [1.807, 2.05) is 48.0 Å². The van der Waals surface area contributed by atoms with E-state index in [0.29, 0.717) is 10.9 Å². The summed E-state index contributed by atoms with van der Waals surface area (Å²) in [7, 11) is 1.64. The number of thioether (sulfide) groups is 1. The average molecular weight is 420 g/mol. The van der Waals surface area contributed by atoms with Crippen LogP contribution < -0.4 is 10.2 Å². The number of hydrogen-bond donors (Lipinski definition) is 1. The zero-order chi connectivity index (χ0) is 20.9. The van der Waals surface area contributed by atoms with E-state index in [-0.39, 0.29) is 0 Å². The van der Waals surface area contributed by atoms with Crippen LogP contribution in [-0.4, -0.2) is 45.0 Å². The third-order valence-electron chi connectivity index (χ3n) is 4.54. The molecule has 30 heavy (non-hydrogen) atoms. The van der Waals surface area contributed by atoms with Crippen LogP contribution in [0.5, 0.6) is 5.75 Å². The number of aryl methyl sites for hydroxylation is 1. The highest BCUT2D eigenvalue weighted by molar-refractivity contribution is 8.14. The standard InChI is InChI=1S/C21H21N7OS/c1-14-4-8-17(9-5-14)28-15(2)20(24-27-28)19-13-30-21(26-23-19)25-22-12-16-6-10-18(29-3)11-7-16/h4-12H,13H2,1-3H3,(H,25,26)/b22-12+. The summed E-state index contributed by atoms with van der Waals surface area (Å²) in [6.45, 7) is 4.04. The Morgan fingerprint density at radius 1 is 1.07 bits per heavy atom. The van der Waals surface area contributed by atoms with E-state index in [0.717, 1.165) is 34.1 Å². The van der Waals surface area contributed by atoms with Gasteiger partial charge in [0.1, 0.15) is 17.2 Å². The van der Waals surface area contributed by atoms with E-state index in [1.54, 1.807) is 13.3 Å². The maximum absolute atomic E-state index is 5.15. The van der Waals surface area contributed by atoms with Crippen molar-refractivity contribution in [2.24, 2.45) is 15.3 Å². The molecule has 0 fully saturated rings. The fourth-order valence-electron chi connectivity index (χ4n) is 2.85. The van der Waals surface area contributed by atoms with Gasteiger partial charge < -0.3 is 4.74 Å². The zero-order valence-electron chi connectivity index (χ0n) is 16.9. The second kappa shape index (κ2) is 8.91. The van der Waals surface area contributed by atoms with Gasteiger partial charge in [-0.2, -0.15) is 5.10 Å². The first-order valence-electron chi connectivity index (χ1n) is 9.34. The van der Waals surface area contributed by atoms with Crippen LogP contribution in [0.3, 0.4) is 0 Å². The first kappa shape index (κ1) is 19.8. The van der Waals surface area contributed by atoms with Crippen molar-refractivity contribution in [3.05, 3.63) is 71.0 Å². The fourth-order valence-corrected chi connectivity index (χ4v) is 3.53. The molecule has 1 N–H and O–H groups in total. The van der Waals surface area contributed by atoms with E-state index in [2.05, 4.69) is 50.1 Å². The van der Waals surface area contributed by atoms with Gasteiger partial charge in [-0.25, -0.2) is 4.68 Å². The molecule has 8 nitrogen and oxygen atoms in total. The normalized spacial score (nSPS) is 13.8. The van der Waals surface area contributed by atoms with Gasteiger partial charge in [-0.05, 0) is 55.8 Å². The van der Waals surface area contributed by atoms with Gasteiger partial charge in [0, 0.05) is 5.75 Å². The molecule has 9 heteroatoms. The number of methoxy groups -OCH3 is 1. The van der Waals surface area contributed by atoms with Gasteiger partial charge in [-0.15, -0.1) is 15.3 Å². The van der Waals surface area contributed by atoms with Crippen LogP contribution in [-0.2, 0) is 0 Å². The molecule has 0 aliphatic carbocycles. The van der Waals surface area contributed by atoms with Crippen LogP contribution >= 0.6 is 11.8 Å². The van der Waals surface area contributed by atoms with Gasteiger partial charge in [-0.3, -0.25) is 5.43 Å². The van der Waals surface area contributed by atoms with Crippen molar-refractivity contribution < 1.29 is 4.74 Å². The van der Waals surface area contributed by atoms with Crippen molar-refractivity contribution in [1.29, 1.82) is 0 Å². The molecular formula is C21H21N7OS. The summed E-state index contributed by atoms with van der Waals surface area (Å²) in [6.07, 6.45) is 1.72. The molecule has 3 aromatic rings. The van der Waals surface area contributed by atoms with Crippen LogP contribution in [0.2, 0.25) is 0 Å². The lowest BCUT2D eigenvalue weighted by atomic mass is 10.2. The number of nitrogens with one attached hydrogen (secondary N) is 1. The van der Waals surface area contributed by atoms with Crippen molar-refractivity contribution in [2.45, 2.75) is 13.8 Å². The molecule has 0 bridgehead atoms. The van der Waals surface area contributed by atoms with Gasteiger partial charge in [0.15, 0.2) is 0 Å². The molecule has 0 saturated carbocycles. The van der Waals surface area contributed by atoms with Crippen molar-refractivity contribution in [3.63, 3.8) is 0 Å². The molecule has 0 unspecified atom stereocenters.